The van der Waals surface area contributed by atoms with Gasteiger partial charge in [0.05, 0.1) is 11.7 Å². The lowest BCUT2D eigenvalue weighted by atomic mass is 10.1. The molecule has 1 fully saturated rings. The van der Waals surface area contributed by atoms with Crippen LogP contribution < -0.4 is 5.32 Å². The molecule has 0 saturated heterocycles. The summed E-state index contributed by atoms with van der Waals surface area (Å²) >= 11 is 0. The minimum absolute atomic E-state index is 0.101. The van der Waals surface area contributed by atoms with Crippen molar-refractivity contribution in [1.29, 1.82) is 0 Å². The Morgan fingerprint density at radius 2 is 1.83 bits per heavy atom. The number of nitrogens with zero attached hydrogens (tertiary/aromatic N) is 5. The van der Waals surface area contributed by atoms with Crippen molar-refractivity contribution in [2.75, 3.05) is 11.9 Å². The average Bonchev–Trinajstić information content (AvgIpc) is 3.49. The van der Waals surface area contributed by atoms with E-state index in [1.165, 1.54) is 25.7 Å². The fourth-order valence-electron chi connectivity index (χ4n) is 4.52. The zero-order valence-electron chi connectivity index (χ0n) is 16.5. The van der Waals surface area contributed by atoms with Gasteiger partial charge in [0.1, 0.15) is 5.82 Å². The number of amides is 2. The topological polar surface area (TPSA) is 91.7 Å². The Morgan fingerprint density at radius 3 is 2.55 bits per heavy atom. The Hall–Kier alpha value is -3.16. The molecule has 1 aliphatic heterocycles. The third-order valence-corrected chi connectivity index (χ3v) is 6.14. The zero-order chi connectivity index (χ0) is 19.8. The molecule has 0 bridgehead atoms. The molecular weight excluding hydrogens is 366 g/mol. The SMILES string of the molecule is CC1c2nnc(C3CCCC3)n2CCN1C(=O)Nc1ccc(-c2ccn[nH]2)cc1. The van der Waals surface area contributed by atoms with Gasteiger partial charge in [-0.15, -0.1) is 10.2 Å². The van der Waals surface area contributed by atoms with Crippen LogP contribution in [0.5, 0.6) is 0 Å². The van der Waals surface area contributed by atoms with Crippen LogP contribution in [0.2, 0.25) is 0 Å². The summed E-state index contributed by atoms with van der Waals surface area (Å²) < 4.78 is 2.24. The average molecular weight is 391 g/mol. The van der Waals surface area contributed by atoms with Gasteiger partial charge in [-0.25, -0.2) is 4.79 Å². The van der Waals surface area contributed by atoms with Crippen molar-refractivity contribution in [1.82, 2.24) is 29.9 Å². The number of carbonyl (C=O) groups excluding carboxylic acids is 1. The molecule has 2 amide bonds. The van der Waals surface area contributed by atoms with E-state index >= 15 is 0 Å². The van der Waals surface area contributed by atoms with Crippen LogP contribution >= 0.6 is 0 Å². The maximum atomic E-state index is 12.9. The number of hydrogen-bond donors (Lipinski definition) is 2. The number of benzene rings is 1. The fourth-order valence-corrected chi connectivity index (χ4v) is 4.52. The fraction of sp³-hybridized carbons (Fsp3) is 0.429. The number of rotatable bonds is 3. The first-order valence-corrected chi connectivity index (χ1v) is 10.3. The first kappa shape index (κ1) is 17.9. The van der Waals surface area contributed by atoms with E-state index in [2.05, 4.69) is 30.3 Å². The Bertz CT molecular complexity index is 987. The molecule has 0 spiro atoms. The molecule has 1 aliphatic carbocycles. The summed E-state index contributed by atoms with van der Waals surface area (Å²) in [6.45, 7) is 3.44. The van der Waals surface area contributed by atoms with Crippen molar-refractivity contribution in [3.8, 4) is 11.3 Å². The quantitative estimate of drug-likeness (QED) is 0.707. The number of aromatic amines is 1. The molecule has 1 aromatic carbocycles. The molecule has 2 aromatic heterocycles. The maximum Gasteiger partial charge on any atom is 0.322 e. The van der Waals surface area contributed by atoms with Gasteiger partial charge < -0.3 is 14.8 Å². The summed E-state index contributed by atoms with van der Waals surface area (Å²) in [5, 5.41) is 18.9. The monoisotopic (exact) mass is 391 g/mol. The minimum Gasteiger partial charge on any atom is -0.313 e. The van der Waals surface area contributed by atoms with E-state index in [4.69, 9.17) is 0 Å². The van der Waals surface area contributed by atoms with Crippen LogP contribution in [0.3, 0.4) is 0 Å². The molecular formula is C21H25N7O. The summed E-state index contributed by atoms with van der Waals surface area (Å²) in [4.78, 5) is 14.7. The van der Waals surface area contributed by atoms with Gasteiger partial charge in [0, 0.05) is 30.9 Å². The van der Waals surface area contributed by atoms with Gasteiger partial charge in [0.15, 0.2) is 5.82 Å². The van der Waals surface area contributed by atoms with Crippen molar-refractivity contribution in [3.05, 3.63) is 48.2 Å². The van der Waals surface area contributed by atoms with Crippen LogP contribution in [0.25, 0.3) is 11.3 Å². The standard InChI is InChI=1S/C21H25N7O/c1-14-19-25-26-20(16-4-2-3-5-16)28(19)13-12-27(14)21(29)23-17-8-6-15(7-9-17)18-10-11-22-24-18/h6-11,14,16H,2-5,12-13H2,1H3,(H,22,24)(H,23,29). The van der Waals surface area contributed by atoms with Gasteiger partial charge in [-0.05, 0) is 43.5 Å². The van der Waals surface area contributed by atoms with Crippen molar-refractivity contribution >= 4 is 11.7 Å². The predicted molar refractivity (Wildman–Crippen MR) is 109 cm³/mol. The molecule has 1 atom stereocenters. The van der Waals surface area contributed by atoms with E-state index in [0.29, 0.717) is 12.5 Å². The molecule has 3 heterocycles. The Morgan fingerprint density at radius 1 is 1.07 bits per heavy atom. The van der Waals surface area contributed by atoms with Crippen molar-refractivity contribution in [3.63, 3.8) is 0 Å². The van der Waals surface area contributed by atoms with Gasteiger partial charge in [-0.3, -0.25) is 5.10 Å². The normalized spacial score (nSPS) is 19.3. The number of aromatic nitrogens is 5. The second kappa shape index (κ2) is 7.35. The first-order chi connectivity index (χ1) is 14.2. The smallest absolute Gasteiger partial charge is 0.313 e. The number of anilines is 1. The molecule has 3 aromatic rings. The molecule has 29 heavy (non-hydrogen) atoms. The van der Waals surface area contributed by atoms with Crippen molar-refractivity contribution < 1.29 is 4.79 Å². The van der Waals surface area contributed by atoms with Crippen molar-refractivity contribution in [2.45, 2.75) is 51.1 Å². The van der Waals surface area contributed by atoms with Crippen LogP contribution in [0.1, 0.15) is 56.2 Å². The van der Waals surface area contributed by atoms with E-state index in [9.17, 15) is 4.79 Å². The van der Waals surface area contributed by atoms with E-state index in [-0.39, 0.29) is 12.1 Å². The molecule has 0 radical (unpaired) electrons. The highest BCUT2D eigenvalue weighted by molar-refractivity contribution is 5.90. The number of carbonyl (C=O) groups is 1. The van der Waals surface area contributed by atoms with Crippen molar-refractivity contribution in [2.24, 2.45) is 0 Å². The molecule has 8 heteroatoms. The zero-order valence-corrected chi connectivity index (χ0v) is 16.5. The number of H-pyrrole nitrogens is 1. The largest absolute Gasteiger partial charge is 0.322 e. The lowest BCUT2D eigenvalue weighted by Crippen LogP contribution is -2.43. The Balaban J connectivity index is 1.28. The summed E-state index contributed by atoms with van der Waals surface area (Å²) in [6, 6.07) is 9.45. The summed E-state index contributed by atoms with van der Waals surface area (Å²) in [5.74, 6) is 2.53. The molecule has 1 saturated carbocycles. The first-order valence-electron chi connectivity index (χ1n) is 10.3. The lowest BCUT2D eigenvalue weighted by Gasteiger charge is -2.34. The van der Waals surface area contributed by atoms with Crippen LogP contribution in [-0.4, -0.2) is 42.4 Å². The van der Waals surface area contributed by atoms with E-state index in [1.54, 1.807) is 6.20 Å². The van der Waals surface area contributed by atoms with E-state index in [1.807, 2.05) is 42.2 Å². The number of nitrogens with one attached hydrogen (secondary N) is 2. The van der Waals surface area contributed by atoms with Crippen LogP contribution in [0.4, 0.5) is 10.5 Å². The lowest BCUT2D eigenvalue weighted by molar-refractivity contribution is 0.171. The third-order valence-electron chi connectivity index (χ3n) is 6.14. The van der Waals surface area contributed by atoms with Gasteiger partial charge >= 0.3 is 6.03 Å². The molecule has 1 unspecified atom stereocenters. The minimum atomic E-state index is -0.108. The second-order valence-corrected chi connectivity index (χ2v) is 7.90. The summed E-state index contributed by atoms with van der Waals surface area (Å²) in [5.41, 5.74) is 2.74. The van der Waals surface area contributed by atoms with E-state index in [0.717, 1.165) is 35.1 Å². The van der Waals surface area contributed by atoms with Gasteiger partial charge in [-0.1, -0.05) is 25.0 Å². The van der Waals surface area contributed by atoms with Gasteiger partial charge in [0.2, 0.25) is 0 Å². The molecule has 5 rings (SSSR count). The number of urea groups is 1. The second-order valence-electron chi connectivity index (χ2n) is 7.90. The number of fused-ring (bicyclic) bond motifs is 1. The van der Waals surface area contributed by atoms with Crippen LogP contribution in [0.15, 0.2) is 36.5 Å². The predicted octanol–water partition coefficient (Wildman–Crippen LogP) is 3.93. The number of hydrogen-bond acceptors (Lipinski definition) is 4. The third kappa shape index (κ3) is 3.28. The highest BCUT2D eigenvalue weighted by atomic mass is 16.2. The van der Waals surface area contributed by atoms with E-state index < -0.39 is 0 Å². The highest BCUT2D eigenvalue weighted by Gasteiger charge is 2.33. The molecule has 2 N–H and O–H groups in total. The highest BCUT2D eigenvalue weighted by Crippen LogP contribution is 2.35. The van der Waals surface area contributed by atoms with Gasteiger partial charge in [0.25, 0.3) is 0 Å². The van der Waals surface area contributed by atoms with Crippen LogP contribution in [0, 0.1) is 0 Å². The Kier molecular flexibility index (Phi) is 4.54. The summed E-state index contributed by atoms with van der Waals surface area (Å²) in [6.07, 6.45) is 6.67. The molecule has 8 nitrogen and oxygen atoms in total. The molecule has 150 valence electrons. The molecule has 2 aliphatic rings. The Labute approximate surface area is 169 Å². The van der Waals surface area contributed by atoms with Gasteiger partial charge in [-0.2, -0.15) is 5.10 Å². The maximum absolute atomic E-state index is 12.9. The van der Waals surface area contributed by atoms with Crippen LogP contribution in [-0.2, 0) is 6.54 Å². The summed E-state index contributed by atoms with van der Waals surface area (Å²) in [7, 11) is 0.